The maximum absolute atomic E-state index is 12.3. The minimum atomic E-state index is -0.159. The fraction of sp³-hybridized carbons (Fsp3) is 0.400. The van der Waals surface area contributed by atoms with Crippen LogP contribution in [0.1, 0.15) is 46.6 Å². The first-order valence-corrected chi connectivity index (χ1v) is 7.82. The Bertz CT molecular complexity index is 851. The van der Waals surface area contributed by atoms with E-state index in [-0.39, 0.29) is 5.91 Å². The number of carbonyl (C=O) groups is 1. The third-order valence-corrected chi connectivity index (χ3v) is 4.26. The molecule has 0 atom stereocenters. The quantitative estimate of drug-likeness (QED) is 0.704. The van der Waals surface area contributed by atoms with Crippen molar-refractivity contribution in [1.29, 1.82) is 0 Å². The summed E-state index contributed by atoms with van der Waals surface area (Å²) in [7, 11) is 0. The van der Waals surface area contributed by atoms with Crippen molar-refractivity contribution in [2.75, 3.05) is 0 Å². The second-order valence-electron chi connectivity index (χ2n) is 5.77. The molecule has 1 aliphatic rings. The predicted molar refractivity (Wildman–Crippen MR) is 81.8 cm³/mol. The first-order chi connectivity index (χ1) is 11.3. The molecular weight excluding hydrogens is 294 g/mol. The lowest BCUT2D eigenvalue weighted by molar-refractivity contribution is 0.0950. The van der Waals surface area contributed by atoms with E-state index in [1.54, 1.807) is 18.3 Å². The molecule has 0 aromatic carbocycles. The molecule has 3 heterocycles. The highest BCUT2D eigenvalue weighted by molar-refractivity contribution is 5.94. The van der Waals surface area contributed by atoms with Crippen LogP contribution in [-0.4, -0.2) is 36.1 Å². The molecule has 0 spiro atoms. The summed E-state index contributed by atoms with van der Waals surface area (Å²) in [6.07, 6.45) is 7.34. The number of aryl methyl sites for hydroxylation is 1. The molecule has 0 bridgehead atoms. The minimum absolute atomic E-state index is 0.159. The maximum atomic E-state index is 12.3. The molecule has 118 valence electrons. The van der Waals surface area contributed by atoms with E-state index in [1.807, 2.05) is 0 Å². The minimum Gasteiger partial charge on any atom is -0.346 e. The molecule has 0 fully saturated rings. The Labute approximate surface area is 132 Å². The number of aromatic nitrogens is 6. The molecule has 0 radical (unpaired) electrons. The Balaban J connectivity index is 1.48. The second kappa shape index (κ2) is 5.79. The van der Waals surface area contributed by atoms with E-state index in [0.717, 1.165) is 18.5 Å². The smallest absolute Gasteiger partial charge is 0.253 e. The fourth-order valence-electron chi connectivity index (χ4n) is 3.01. The highest BCUT2D eigenvalue weighted by Gasteiger charge is 2.16. The standard InChI is InChI=1S/C15H17N7O/c23-15(10-6-7-14-19-20-21-22(14)9-10)16-8-13-11-4-2-1-3-5-12(11)17-18-13/h6-7,9H,1-5,8H2,(H,16,23)(H,17,18). The van der Waals surface area contributed by atoms with Gasteiger partial charge in [0.1, 0.15) is 0 Å². The largest absolute Gasteiger partial charge is 0.346 e. The predicted octanol–water partition coefficient (Wildman–Crippen LogP) is 1.05. The van der Waals surface area contributed by atoms with Gasteiger partial charge in [0.15, 0.2) is 5.65 Å². The van der Waals surface area contributed by atoms with Gasteiger partial charge in [0, 0.05) is 11.9 Å². The molecule has 0 aliphatic heterocycles. The van der Waals surface area contributed by atoms with Crippen molar-refractivity contribution in [3.8, 4) is 0 Å². The number of nitrogens with one attached hydrogen (secondary N) is 2. The lowest BCUT2D eigenvalue weighted by Crippen LogP contribution is -2.24. The Morgan fingerprint density at radius 1 is 1.26 bits per heavy atom. The van der Waals surface area contributed by atoms with E-state index in [0.29, 0.717) is 17.8 Å². The van der Waals surface area contributed by atoms with Crippen LogP contribution in [0.5, 0.6) is 0 Å². The Kier molecular flexibility index (Phi) is 3.49. The third-order valence-electron chi connectivity index (χ3n) is 4.26. The average Bonchev–Trinajstić information content (AvgIpc) is 3.12. The lowest BCUT2D eigenvalue weighted by atomic mass is 10.1. The zero-order valence-corrected chi connectivity index (χ0v) is 12.6. The molecule has 3 aromatic heterocycles. The van der Waals surface area contributed by atoms with E-state index in [1.165, 1.54) is 35.0 Å². The van der Waals surface area contributed by atoms with E-state index in [2.05, 4.69) is 31.0 Å². The monoisotopic (exact) mass is 311 g/mol. The topological polar surface area (TPSA) is 101 Å². The van der Waals surface area contributed by atoms with Crippen LogP contribution in [0, 0.1) is 0 Å². The molecule has 1 aliphatic carbocycles. The van der Waals surface area contributed by atoms with E-state index >= 15 is 0 Å². The Morgan fingerprint density at radius 3 is 3.13 bits per heavy atom. The SMILES string of the molecule is O=C(NCc1n[nH]c2c1CCCCC2)c1ccc2nnnn2c1. The average molecular weight is 311 g/mol. The van der Waals surface area contributed by atoms with E-state index in [4.69, 9.17) is 0 Å². The summed E-state index contributed by atoms with van der Waals surface area (Å²) >= 11 is 0. The van der Waals surface area contributed by atoms with Crippen molar-refractivity contribution in [2.24, 2.45) is 0 Å². The molecule has 0 saturated heterocycles. The zero-order valence-electron chi connectivity index (χ0n) is 12.6. The van der Waals surface area contributed by atoms with Gasteiger partial charge in [-0.3, -0.25) is 9.89 Å². The Morgan fingerprint density at radius 2 is 2.17 bits per heavy atom. The van der Waals surface area contributed by atoms with Crippen molar-refractivity contribution in [2.45, 2.75) is 38.6 Å². The third kappa shape index (κ3) is 2.67. The number of carbonyl (C=O) groups excluding carboxylic acids is 1. The van der Waals surface area contributed by atoms with Gasteiger partial charge in [-0.2, -0.15) is 9.61 Å². The van der Waals surface area contributed by atoms with Crippen molar-refractivity contribution < 1.29 is 4.79 Å². The zero-order chi connectivity index (χ0) is 15.6. The van der Waals surface area contributed by atoms with Gasteiger partial charge in [0.2, 0.25) is 0 Å². The summed E-state index contributed by atoms with van der Waals surface area (Å²) in [5.41, 5.74) is 4.57. The number of nitrogens with zero attached hydrogens (tertiary/aromatic N) is 5. The molecule has 23 heavy (non-hydrogen) atoms. The molecule has 1 amide bonds. The normalized spacial score (nSPS) is 14.4. The first-order valence-electron chi connectivity index (χ1n) is 7.82. The summed E-state index contributed by atoms with van der Waals surface area (Å²) in [4.78, 5) is 12.3. The lowest BCUT2D eigenvalue weighted by Gasteiger charge is -2.05. The number of rotatable bonds is 3. The fourth-order valence-corrected chi connectivity index (χ4v) is 3.01. The number of aromatic amines is 1. The summed E-state index contributed by atoms with van der Waals surface area (Å²) in [5.74, 6) is -0.159. The number of amides is 1. The summed E-state index contributed by atoms with van der Waals surface area (Å²) in [6, 6.07) is 3.43. The maximum Gasteiger partial charge on any atom is 0.253 e. The van der Waals surface area contributed by atoms with Crippen LogP contribution in [0.4, 0.5) is 0 Å². The molecule has 0 saturated carbocycles. The highest BCUT2D eigenvalue weighted by Crippen LogP contribution is 2.21. The summed E-state index contributed by atoms with van der Waals surface area (Å²) < 4.78 is 1.48. The molecule has 4 rings (SSSR count). The number of H-pyrrole nitrogens is 1. The number of pyridine rings is 1. The van der Waals surface area contributed by atoms with Gasteiger partial charge in [-0.1, -0.05) is 6.42 Å². The van der Waals surface area contributed by atoms with E-state index < -0.39 is 0 Å². The van der Waals surface area contributed by atoms with Gasteiger partial charge in [-0.15, -0.1) is 5.10 Å². The van der Waals surface area contributed by atoms with Crippen molar-refractivity contribution in [3.63, 3.8) is 0 Å². The van der Waals surface area contributed by atoms with Gasteiger partial charge in [-0.05, 0) is 53.8 Å². The second-order valence-corrected chi connectivity index (χ2v) is 5.77. The summed E-state index contributed by atoms with van der Waals surface area (Å²) in [5, 5.41) is 21.6. The van der Waals surface area contributed by atoms with Crippen LogP contribution >= 0.6 is 0 Å². The number of fused-ring (bicyclic) bond motifs is 2. The van der Waals surface area contributed by atoms with Gasteiger partial charge in [0.25, 0.3) is 5.91 Å². The van der Waals surface area contributed by atoms with Crippen LogP contribution in [0.15, 0.2) is 18.3 Å². The number of hydrogen-bond donors (Lipinski definition) is 2. The van der Waals surface area contributed by atoms with Gasteiger partial charge in [-0.25, -0.2) is 0 Å². The number of tetrazole rings is 1. The van der Waals surface area contributed by atoms with Gasteiger partial charge < -0.3 is 5.32 Å². The molecule has 8 nitrogen and oxygen atoms in total. The summed E-state index contributed by atoms with van der Waals surface area (Å²) in [6.45, 7) is 0.429. The van der Waals surface area contributed by atoms with Gasteiger partial charge >= 0.3 is 0 Å². The van der Waals surface area contributed by atoms with Gasteiger partial charge in [0.05, 0.1) is 17.8 Å². The Hall–Kier alpha value is -2.77. The molecule has 2 N–H and O–H groups in total. The van der Waals surface area contributed by atoms with Crippen LogP contribution in [0.2, 0.25) is 0 Å². The molecule has 3 aromatic rings. The van der Waals surface area contributed by atoms with Crippen molar-refractivity contribution in [3.05, 3.63) is 40.8 Å². The van der Waals surface area contributed by atoms with Crippen LogP contribution in [-0.2, 0) is 19.4 Å². The molecule has 8 heteroatoms. The van der Waals surface area contributed by atoms with E-state index in [9.17, 15) is 4.79 Å². The number of hydrogen-bond acceptors (Lipinski definition) is 5. The van der Waals surface area contributed by atoms with Crippen LogP contribution in [0.25, 0.3) is 5.65 Å². The van der Waals surface area contributed by atoms with Crippen LogP contribution in [0.3, 0.4) is 0 Å². The molecule has 0 unspecified atom stereocenters. The highest BCUT2D eigenvalue weighted by atomic mass is 16.1. The van der Waals surface area contributed by atoms with Crippen LogP contribution < -0.4 is 5.32 Å². The first kappa shape index (κ1) is 13.9. The molecular formula is C15H17N7O. The van der Waals surface area contributed by atoms with Crippen molar-refractivity contribution in [1.82, 2.24) is 35.6 Å². The van der Waals surface area contributed by atoms with Crippen molar-refractivity contribution >= 4 is 11.6 Å².